The number of aryl methyl sites for hydroxylation is 1. The van der Waals surface area contributed by atoms with Crippen molar-refractivity contribution >= 4 is 45.0 Å². The fourth-order valence-electron chi connectivity index (χ4n) is 2.70. The number of hydrogen-bond donors (Lipinski definition) is 0. The van der Waals surface area contributed by atoms with Crippen LogP contribution in [0.4, 0.5) is 5.13 Å². The molecule has 0 aliphatic rings. The number of likely N-dealkylation sites (N-methyl/N-ethyl adjacent to an activating group) is 1. The van der Waals surface area contributed by atoms with Gasteiger partial charge in [0, 0.05) is 18.7 Å². The Morgan fingerprint density at radius 1 is 1.11 bits per heavy atom. The van der Waals surface area contributed by atoms with Gasteiger partial charge in [-0.2, -0.15) is 0 Å². The summed E-state index contributed by atoms with van der Waals surface area (Å²) in [4.78, 5) is 21.7. The lowest BCUT2D eigenvalue weighted by molar-refractivity contribution is 0.0985. The van der Waals surface area contributed by atoms with Crippen molar-refractivity contribution in [2.24, 2.45) is 0 Å². The lowest BCUT2D eigenvalue weighted by Gasteiger charge is -2.22. The van der Waals surface area contributed by atoms with Crippen LogP contribution >= 0.6 is 23.7 Å². The number of carbonyl (C=O) groups excluding carboxylic acids is 1. The lowest BCUT2D eigenvalue weighted by atomic mass is 10.2. The number of thiazole rings is 1. The van der Waals surface area contributed by atoms with E-state index in [0.29, 0.717) is 17.2 Å². The maximum absolute atomic E-state index is 13.1. The number of carbonyl (C=O) groups is 1. The molecule has 27 heavy (non-hydrogen) atoms. The van der Waals surface area contributed by atoms with E-state index >= 15 is 0 Å². The van der Waals surface area contributed by atoms with Crippen LogP contribution in [0.1, 0.15) is 15.9 Å². The highest BCUT2D eigenvalue weighted by molar-refractivity contribution is 7.22. The Labute approximate surface area is 170 Å². The Hall–Kier alpha value is -2.15. The van der Waals surface area contributed by atoms with E-state index in [0.717, 1.165) is 28.1 Å². The Morgan fingerprint density at radius 3 is 2.44 bits per heavy atom. The number of ether oxygens (including phenoxy) is 1. The van der Waals surface area contributed by atoms with E-state index in [9.17, 15) is 4.79 Å². The number of hydrogen-bond acceptors (Lipinski definition) is 5. The first-order valence-electron chi connectivity index (χ1n) is 8.47. The molecule has 0 atom stereocenters. The average Bonchev–Trinajstić information content (AvgIpc) is 3.08. The molecule has 1 amide bonds. The van der Waals surface area contributed by atoms with Gasteiger partial charge in [0.15, 0.2) is 5.13 Å². The number of anilines is 1. The van der Waals surface area contributed by atoms with Crippen LogP contribution < -0.4 is 9.64 Å². The monoisotopic (exact) mass is 405 g/mol. The summed E-state index contributed by atoms with van der Waals surface area (Å²) in [6.45, 7) is 3.37. The number of amides is 1. The summed E-state index contributed by atoms with van der Waals surface area (Å²) in [6, 6.07) is 13.3. The van der Waals surface area contributed by atoms with Crippen molar-refractivity contribution in [3.63, 3.8) is 0 Å². The molecule has 1 aromatic heterocycles. The molecule has 0 aliphatic carbocycles. The minimum Gasteiger partial charge on any atom is -0.494 e. The second-order valence-corrected chi connectivity index (χ2v) is 7.36. The standard InChI is InChI=1S/C20H23N3O2S.ClH/c1-14-10-11-16(25-4)17-18(14)26-20(21-17)23(13-12-22(2)3)19(24)15-8-6-5-7-9-15;/h5-11H,12-13H2,1-4H3;1H. The van der Waals surface area contributed by atoms with Crippen LogP contribution in [0.5, 0.6) is 5.75 Å². The number of fused-ring (bicyclic) bond motifs is 1. The van der Waals surface area contributed by atoms with Crippen LogP contribution in [0, 0.1) is 6.92 Å². The number of benzene rings is 2. The van der Waals surface area contributed by atoms with Gasteiger partial charge in [0.05, 0.1) is 11.8 Å². The van der Waals surface area contributed by atoms with Gasteiger partial charge in [-0.3, -0.25) is 9.69 Å². The summed E-state index contributed by atoms with van der Waals surface area (Å²) >= 11 is 1.53. The van der Waals surface area contributed by atoms with Gasteiger partial charge in [0.1, 0.15) is 11.3 Å². The first-order chi connectivity index (χ1) is 12.5. The van der Waals surface area contributed by atoms with Gasteiger partial charge in [-0.05, 0) is 44.8 Å². The smallest absolute Gasteiger partial charge is 0.260 e. The maximum Gasteiger partial charge on any atom is 0.260 e. The zero-order valence-electron chi connectivity index (χ0n) is 15.9. The van der Waals surface area contributed by atoms with E-state index in [4.69, 9.17) is 9.72 Å². The topological polar surface area (TPSA) is 45.7 Å². The number of methoxy groups -OCH3 is 1. The van der Waals surface area contributed by atoms with E-state index < -0.39 is 0 Å². The van der Waals surface area contributed by atoms with Crippen LogP contribution in [0.2, 0.25) is 0 Å². The van der Waals surface area contributed by atoms with Gasteiger partial charge in [0.25, 0.3) is 5.91 Å². The summed E-state index contributed by atoms with van der Waals surface area (Å²) in [5.74, 6) is 0.691. The highest BCUT2D eigenvalue weighted by Gasteiger charge is 2.22. The number of aromatic nitrogens is 1. The molecule has 0 saturated carbocycles. The number of rotatable bonds is 6. The Morgan fingerprint density at radius 2 is 1.81 bits per heavy atom. The van der Waals surface area contributed by atoms with Crippen LogP contribution in [-0.2, 0) is 0 Å². The molecule has 0 aliphatic heterocycles. The summed E-state index contributed by atoms with van der Waals surface area (Å²) in [5.41, 5.74) is 2.60. The van der Waals surface area contributed by atoms with E-state index in [1.807, 2.05) is 63.5 Å². The predicted octanol–water partition coefficient (Wildman–Crippen LogP) is 4.24. The zero-order valence-corrected chi connectivity index (χ0v) is 17.6. The van der Waals surface area contributed by atoms with Crippen molar-refractivity contribution in [2.75, 3.05) is 39.2 Å². The molecule has 7 heteroatoms. The van der Waals surface area contributed by atoms with Crippen LogP contribution in [0.15, 0.2) is 42.5 Å². The summed E-state index contributed by atoms with van der Waals surface area (Å²) in [7, 11) is 5.63. The molecule has 0 fully saturated rings. The number of nitrogens with zero attached hydrogens (tertiary/aromatic N) is 3. The maximum atomic E-state index is 13.1. The molecule has 0 unspecified atom stereocenters. The predicted molar refractivity (Wildman–Crippen MR) is 115 cm³/mol. The van der Waals surface area contributed by atoms with Crippen LogP contribution in [-0.4, -0.2) is 50.1 Å². The molecule has 0 saturated heterocycles. The van der Waals surface area contributed by atoms with Crippen LogP contribution in [0.3, 0.4) is 0 Å². The van der Waals surface area contributed by atoms with Crippen molar-refractivity contribution in [3.8, 4) is 5.75 Å². The summed E-state index contributed by atoms with van der Waals surface area (Å²) in [6.07, 6.45) is 0. The van der Waals surface area contributed by atoms with Crippen molar-refractivity contribution in [2.45, 2.75) is 6.92 Å². The molecule has 0 spiro atoms. The van der Waals surface area contributed by atoms with Crippen molar-refractivity contribution in [1.82, 2.24) is 9.88 Å². The molecule has 3 aromatic rings. The molecular formula is C20H24ClN3O2S. The van der Waals surface area contributed by atoms with Gasteiger partial charge in [-0.15, -0.1) is 12.4 Å². The second kappa shape index (κ2) is 9.17. The lowest BCUT2D eigenvalue weighted by Crippen LogP contribution is -2.36. The minimum atomic E-state index is -0.0388. The first kappa shape index (κ1) is 21.2. The molecule has 2 aromatic carbocycles. The quantitative estimate of drug-likeness (QED) is 0.615. The van der Waals surface area contributed by atoms with Crippen molar-refractivity contribution < 1.29 is 9.53 Å². The molecule has 0 bridgehead atoms. The minimum absolute atomic E-state index is 0. The summed E-state index contributed by atoms with van der Waals surface area (Å²) in [5, 5.41) is 0.698. The number of halogens is 1. The third-order valence-electron chi connectivity index (χ3n) is 4.18. The fraction of sp³-hybridized carbons (Fsp3) is 0.300. The third kappa shape index (κ3) is 4.58. The molecule has 0 N–H and O–H groups in total. The molecular weight excluding hydrogens is 382 g/mol. The Balaban J connectivity index is 0.00000261. The fourth-order valence-corrected chi connectivity index (χ4v) is 3.78. The SMILES string of the molecule is COc1ccc(C)c2sc(N(CCN(C)C)C(=O)c3ccccc3)nc12.Cl. The van der Waals surface area contributed by atoms with Gasteiger partial charge in [0.2, 0.25) is 0 Å². The Bertz CT molecular complexity index is 912. The van der Waals surface area contributed by atoms with E-state index in [1.54, 1.807) is 12.0 Å². The molecule has 1 heterocycles. The molecule has 144 valence electrons. The molecule has 0 radical (unpaired) electrons. The van der Waals surface area contributed by atoms with E-state index in [-0.39, 0.29) is 18.3 Å². The van der Waals surface area contributed by atoms with E-state index in [2.05, 4.69) is 4.90 Å². The second-order valence-electron chi connectivity index (χ2n) is 6.38. The van der Waals surface area contributed by atoms with E-state index in [1.165, 1.54) is 11.3 Å². The van der Waals surface area contributed by atoms with Gasteiger partial charge in [-0.1, -0.05) is 35.6 Å². The average molecular weight is 406 g/mol. The normalized spacial score (nSPS) is 10.7. The third-order valence-corrected chi connectivity index (χ3v) is 5.39. The van der Waals surface area contributed by atoms with Crippen molar-refractivity contribution in [3.05, 3.63) is 53.6 Å². The Kier molecular flexibility index (Phi) is 7.18. The van der Waals surface area contributed by atoms with Crippen LogP contribution in [0.25, 0.3) is 10.2 Å². The van der Waals surface area contributed by atoms with Gasteiger partial charge in [-0.25, -0.2) is 4.98 Å². The van der Waals surface area contributed by atoms with Gasteiger partial charge >= 0.3 is 0 Å². The highest BCUT2D eigenvalue weighted by atomic mass is 35.5. The molecule has 5 nitrogen and oxygen atoms in total. The van der Waals surface area contributed by atoms with Gasteiger partial charge < -0.3 is 9.64 Å². The first-order valence-corrected chi connectivity index (χ1v) is 9.28. The highest BCUT2D eigenvalue weighted by Crippen LogP contribution is 2.36. The summed E-state index contributed by atoms with van der Waals surface area (Å²) < 4.78 is 6.50. The largest absolute Gasteiger partial charge is 0.494 e. The van der Waals surface area contributed by atoms with Crippen molar-refractivity contribution in [1.29, 1.82) is 0 Å². The zero-order chi connectivity index (χ0) is 18.7. The molecule has 3 rings (SSSR count).